The third-order valence-electron chi connectivity index (χ3n) is 3.53. The highest BCUT2D eigenvalue weighted by Crippen LogP contribution is 2.33. The quantitative estimate of drug-likeness (QED) is 0.707. The Hall–Kier alpha value is -2.08. The molecule has 2 N–H and O–H groups in total. The van der Waals surface area contributed by atoms with Gasteiger partial charge in [-0.15, -0.1) is 0 Å². The fourth-order valence-electron chi connectivity index (χ4n) is 2.57. The first-order valence-electron chi connectivity index (χ1n) is 6.21. The van der Waals surface area contributed by atoms with E-state index in [1.165, 1.54) is 7.11 Å². The number of ether oxygens (including phenoxy) is 1. The van der Waals surface area contributed by atoms with Gasteiger partial charge in [-0.1, -0.05) is 0 Å². The zero-order chi connectivity index (χ0) is 13.4. The number of carbonyl (C=O) groups is 2. The summed E-state index contributed by atoms with van der Waals surface area (Å²) < 4.78 is 4.69. The number of nitrogens with zero attached hydrogens (tertiary/aromatic N) is 1. The third kappa shape index (κ3) is 1.94. The minimum atomic E-state index is -0.403. The summed E-state index contributed by atoms with van der Waals surface area (Å²) in [6.45, 7) is 2.27. The van der Waals surface area contributed by atoms with Gasteiger partial charge in [0.05, 0.1) is 24.0 Å². The van der Waals surface area contributed by atoms with E-state index in [1.54, 1.807) is 12.1 Å². The molecule has 0 aromatic heterocycles. The molecule has 19 heavy (non-hydrogen) atoms. The topological polar surface area (TPSA) is 70.7 Å². The summed E-state index contributed by atoms with van der Waals surface area (Å²) in [5.41, 5.74) is 2.07. The second kappa shape index (κ2) is 4.55. The number of hydrogen-bond donors (Lipinski definition) is 2. The van der Waals surface area contributed by atoms with Crippen molar-refractivity contribution in [1.29, 1.82) is 0 Å². The Morgan fingerprint density at radius 2 is 2.32 bits per heavy atom. The standard InChI is InChI=1S/C13H15N3O3/c1-19-13(18)8-2-3-10-9(6-8)15-12(17)11-7-14-4-5-16(10)11/h2-3,6,11,14H,4-5,7H2,1H3,(H,15,17)/t11-/m0/s1. The molecule has 2 aliphatic rings. The number of hydrogen-bond acceptors (Lipinski definition) is 5. The van der Waals surface area contributed by atoms with E-state index in [4.69, 9.17) is 0 Å². The maximum Gasteiger partial charge on any atom is 0.337 e. The van der Waals surface area contributed by atoms with E-state index in [9.17, 15) is 9.59 Å². The van der Waals surface area contributed by atoms with Crippen LogP contribution in [0.4, 0.5) is 11.4 Å². The molecule has 6 nitrogen and oxygen atoms in total. The monoisotopic (exact) mass is 261 g/mol. The maximum absolute atomic E-state index is 12.0. The SMILES string of the molecule is COC(=O)c1ccc2c(c1)NC(=O)[C@@H]1CNCCN21. The van der Waals surface area contributed by atoms with Crippen molar-refractivity contribution in [3.8, 4) is 0 Å². The van der Waals surface area contributed by atoms with E-state index in [2.05, 4.69) is 20.3 Å². The molecule has 1 fully saturated rings. The van der Waals surface area contributed by atoms with Gasteiger partial charge in [0.15, 0.2) is 0 Å². The number of esters is 1. The summed E-state index contributed by atoms with van der Waals surface area (Å²) in [5.74, 6) is -0.443. The summed E-state index contributed by atoms with van der Waals surface area (Å²) in [6, 6.07) is 5.07. The summed E-state index contributed by atoms with van der Waals surface area (Å²) in [7, 11) is 1.34. The number of anilines is 2. The molecule has 1 atom stereocenters. The molecular formula is C13H15N3O3. The van der Waals surface area contributed by atoms with Crippen LogP contribution in [0.2, 0.25) is 0 Å². The second-order valence-corrected chi connectivity index (χ2v) is 4.63. The van der Waals surface area contributed by atoms with Crippen LogP contribution in [-0.4, -0.2) is 44.7 Å². The van der Waals surface area contributed by atoms with Gasteiger partial charge in [0, 0.05) is 19.6 Å². The maximum atomic E-state index is 12.0. The Bertz CT molecular complexity index is 544. The van der Waals surface area contributed by atoms with Gasteiger partial charge in [0.25, 0.3) is 0 Å². The van der Waals surface area contributed by atoms with Crippen LogP contribution in [0.1, 0.15) is 10.4 Å². The van der Waals surface area contributed by atoms with Crippen molar-refractivity contribution in [2.24, 2.45) is 0 Å². The van der Waals surface area contributed by atoms with Crippen molar-refractivity contribution in [3.63, 3.8) is 0 Å². The number of rotatable bonds is 1. The summed E-state index contributed by atoms with van der Waals surface area (Å²) in [5, 5.41) is 6.06. The fraction of sp³-hybridized carbons (Fsp3) is 0.385. The van der Waals surface area contributed by atoms with Crippen molar-refractivity contribution in [1.82, 2.24) is 5.32 Å². The highest BCUT2D eigenvalue weighted by molar-refractivity contribution is 6.05. The minimum absolute atomic E-state index is 0.0401. The normalized spacial score (nSPS) is 21.2. The van der Waals surface area contributed by atoms with Gasteiger partial charge < -0.3 is 20.3 Å². The number of amides is 1. The summed E-state index contributed by atoms with van der Waals surface area (Å²) in [6.07, 6.45) is 0. The van der Waals surface area contributed by atoms with Crippen LogP contribution in [0.5, 0.6) is 0 Å². The van der Waals surface area contributed by atoms with E-state index >= 15 is 0 Å². The zero-order valence-corrected chi connectivity index (χ0v) is 10.6. The molecule has 0 aliphatic carbocycles. The second-order valence-electron chi connectivity index (χ2n) is 4.63. The van der Waals surface area contributed by atoms with Crippen molar-refractivity contribution in [2.45, 2.75) is 6.04 Å². The Labute approximate surface area is 110 Å². The van der Waals surface area contributed by atoms with Gasteiger partial charge >= 0.3 is 5.97 Å². The number of nitrogens with one attached hydrogen (secondary N) is 2. The number of benzene rings is 1. The van der Waals surface area contributed by atoms with Crippen LogP contribution in [0, 0.1) is 0 Å². The molecule has 1 saturated heterocycles. The summed E-state index contributed by atoms with van der Waals surface area (Å²) >= 11 is 0. The Balaban J connectivity index is 2.00. The highest BCUT2D eigenvalue weighted by atomic mass is 16.5. The van der Waals surface area contributed by atoms with Crippen LogP contribution < -0.4 is 15.5 Å². The molecule has 2 heterocycles. The molecule has 1 aromatic carbocycles. The number of fused-ring (bicyclic) bond motifs is 3. The Morgan fingerprint density at radius 3 is 3.11 bits per heavy atom. The van der Waals surface area contributed by atoms with Crippen molar-refractivity contribution in [3.05, 3.63) is 23.8 Å². The van der Waals surface area contributed by atoms with Crippen LogP contribution in [0.15, 0.2) is 18.2 Å². The molecule has 2 aliphatic heterocycles. The van der Waals surface area contributed by atoms with Gasteiger partial charge in [-0.2, -0.15) is 0 Å². The Morgan fingerprint density at radius 1 is 1.47 bits per heavy atom. The molecule has 100 valence electrons. The average molecular weight is 261 g/mol. The first-order chi connectivity index (χ1) is 9.20. The third-order valence-corrected chi connectivity index (χ3v) is 3.53. The molecule has 1 amide bonds. The highest BCUT2D eigenvalue weighted by Gasteiger charge is 2.34. The predicted molar refractivity (Wildman–Crippen MR) is 70.4 cm³/mol. The lowest BCUT2D eigenvalue weighted by atomic mass is 10.0. The fourth-order valence-corrected chi connectivity index (χ4v) is 2.57. The predicted octanol–water partition coefficient (Wildman–Crippen LogP) is 0.203. The van der Waals surface area contributed by atoms with Crippen LogP contribution >= 0.6 is 0 Å². The van der Waals surface area contributed by atoms with E-state index in [1.807, 2.05) is 6.07 Å². The van der Waals surface area contributed by atoms with Crippen LogP contribution in [0.25, 0.3) is 0 Å². The van der Waals surface area contributed by atoms with Crippen molar-refractivity contribution < 1.29 is 14.3 Å². The smallest absolute Gasteiger partial charge is 0.337 e. The largest absolute Gasteiger partial charge is 0.465 e. The molecule has 0 radical (unpaired) electrons. The lowest BCUT2D eigenvalue weighted by molar-refractivity contribution is -0.117. The molecule has 3 rings (SSSR count). The van der Waals surface area contributed by atoms with Crippen LogP contribution in [0.3, 0.4) is 0 Å². The molecule has 0 bridgehead atoms. The number of methoxy groups -OCH3 is 1. The molecule has 0 unspecified atom stereocenters. The first-order valence-corrected chi connectivity index (χ1v) is 6.21. The lowest BCUT2D eigenvalue weighted by Gasteiger charge is -2.41. The average Bonchev–Trinajstić information content (AvgIpc) is 2.46. The van der Waals surface area contributed by atoms with Gasteiger partial charge in [0.2, 0.25) is 5.91 Å². The van der Waals surface area contributed by atoms with Gasteiger partial charge in [-0.3, -0.25) is 4.79 Å². The number of piperazine rings is 1. The lowest BCUT2D eigenvalue weighted by Crippen LogP contribution is -2.58. The van der Waals surface area contributed by atoms with E-state index < -0.39 is 5.97 Å². The van der Waals surface area contributed by atoms with Gasteiger partial charge in [0.1, 0.15) is 6.04 Å². The van der Waals surface area contributed by atoms with Gasteiger partial charge in [-0.05, 0) is 18.2 Å². The molecule has 1 aromatic rings. The minimum Gasteiger partial charge on any atom is -0.465 e. The van der Waals surface area contributed by atoms with E-state index in [0.29, 0.717) is 17.8 Å². The van der Waals surface area contributed by atoms with E-state index in [-0.39, 0.29) is 11.9 Å². The van der Waals surface area contributed by atoms with Gasteiger partial charge in [-0.25, -0.2) is 4.79 Å². The number of carbonyl (C=O) groups excluding carboxylic acids is 2. The zero-order valence-electron chi connectivity index (χ0n) is 10.6. The molecule has 0 saturated carbocycles. The molecule has 6 heteroatoms. The van der Waals surface area contributed by atoms with Crippen LogP contribution in [-0.2, 0) is 9.53 Å². The van der Waals surface area contributed by atoms with Crippen molar-refractivity contribution >= 4 is 23.3 Å². The van der Waals surface area contributed by atoms with E-state index in [0.717, 1.165) is 18.8 Å². The molecule has 0 spiro atoms. The first kappa shape index (κ1) is 12.0. The van der Waals surface area contributed by atoms with Crippen molar-refractivity contribution in [2.75, 3.05) is 37.0 Å². The summed E-state index contributed by atoms with van der Waals surface area (Å²) in [4.78, 5) is 25.6. The molecular weight excluding hydrogens is 246 g/mol. The Kier molecular flexibility index (Phi) is 2.87.